The van der Waals surface area contributed by atoms with Crippen LogP contribution in [0.15, 0.2) is 48.5 Å². The topological polar surface area (TPSA) is 103 Å². The molecule has 8 nitrogen and oxygen atoms in total. The second-order valence-electron chi connectivity index (χ2n) is 5.77. The Hall–Kier alpha value is -3.62. The maximum atomic E-state index is 13.4. The number of methoxy groups -OCH3 is 1. The Kier molecular flexibility index (Phi) is 8.43. The van der Waals surface area contributed by atoms with Crippen molar-refractivity contribution in [1.29, 1.82) is 0 Å². The summed E-state index contributed by atoms with van der Waals surface area (Å²) in [4.78, 5) is 34.9. The van der Waals surface area contributed by atoms with Gasteiger partial charge < -0.3 is 19.5 Å². The molecule has 0 spiro atoms. The first-order valence-corrected chi connectivity index (χ1v) is 8.76. The van der Waals surface area contributed by atoms with Gasteiger partial charge in [-0.25, -0.2) is 9.18 Å². The van der Waals surface area contributed by atoms with Crippen LogP contribution in [-0.4, -0.2) is 38.2 Å². The predicted octanol–water partition coefficient (Wildman–Crippen LogP) is 2.88. The van der Waals surface area contributed by atoms with Crippen LogP contribution in [0.25, 0.3) is 0 Å². The molecule has 0 bridgehead atoms. The Balaban J connectivity index is 1.59. The molecule has 0 aromatic heterocycles. The van der Waals surface area contributed by atoms with Crippen molar-refractivity contribution in [3.8, 4) is 11.5 Å². The molecule has 0 saturated heterocycles. The van der Waals surface area contributed by atoms with Gasteiger partial charge in [0.15, 0.2) is 6.61 Å². The summed E-state index contributed by atoms with van der Waals surface area (Å²) in [6.45, 7) is -0.332. The van der Waals surface area contributed by atoms with Gasteiger partial charge in [0.2, 0.25) is 0 Å². The number of rotatable bonds is 9. The van der Waals surface area contributed by atoms with E-state index < -0.39 is 30.3 Å². The molecular weight excluding hydrogens is 383 g/mol. The van der Waals surface area contributed by atoms with Crippen molar-refractivity contribution in [3.63, 3.8) is 0 Å². The van der Waals surface area contributed by atoms with Gasteiger partial charge in [0, 0.05) is 6.42 Å². The Morgan fingerprint density at radius 2 is 1.69 bits per heavy atom. The van der Waals surface area contributed by atoms with E-state index in [1.807, 2.05) is 5.32 Å². The number of urea groups is 1. The number of nitrogens with one attached hydrogen (secondary N) is 2. The third-order valence-electron chi connectivity index (χ3n) is 3.59. The zero-order valence-corrected chi connectivity index (χ0v) is 15.8. The molecule has 0 heterocycles. The number of amides is 3. The summed E-state index contributed by atoms with van der Waals surface area (Å²) >= 11 is 0. The average molecular weight is 404 g/mol. The molecule has 29 heavy (non-hydrogen) atoms. The molecule has 0 saturated carbocycles. The van der Waals surface area contributed by atoms with E-state index in [0.29, 0.717) is 24.5 Å². The quantitative estimate of drug-likeness (QED) is 0.492. The van der Waals surface area contributed by atoms with E-state index in [4.69, 9.17) is 14.2 Å². The van der Waals surface area contributed by atoms with Gasteiger partial charge in [-0.15, -0.1) is 0 Å². The summed E-state index contributed by atoms with van der Waals surface area (Å²) in [6.07, 6.45) is 0.436. The molecule has 0 aliphatic rings. The summed E-state index contributed by atoms with van der Waals surface area (Å²) < 4.78 is 28.7. The van der Waals surface area contributed by atoms with Gasteiger partial charge in [-0.1, -0.05) is 12.1 Å². The molecule has 154 valence electrons. The van der Waals surface area contributed by atoms with E-state index in [1.54, 1.807) is 31.4 Å². The molecule has 0 unspecified atom stereocenters. The van der Waals surface area contributed by atoms with Gasteiger partial charge in [0.25, 0.3) is 5.91 Å². The molecule has 2 aromatic rings. The molecule has 2 rings (SSSR count). The highest BCUT2D eigenvalue weighted by molar-refractivity contribution is 6.01. The monoisotopic (exact) mass is 404 g/mol. The van der Waals surface area contributed by atoms with Crippen LogP contribution in [0.2, 0.25) is 0 Å². The van der Waals surface area contributed by atoms with Gasteiger partial charge in [0.1, 0.15) is 17.3 Å². The number of esters is 1. The van der Waals surface area contributed by atoms with Gasteiger partial charge in [0.05, 0.1) is 19.4 Å². The van der Waals surface area contributed by atoms with Crippen molar-refractivity contribution in [1.82, 2.24) is 5.32 Å². The van der Waals surface area contributed by atoms with E-state index in [1.165, 1.54) is 18.2 Å². The van der Waals surface area contributed by atoms with Crippen molar-refractivity contribution in [3.05, 3.63) is 54.3 Å². The van der Waals surface area contributed by atoms with Gasteiger partial charge in [-0.05, 0) is 42.8 Å². The third kappa shape index (κ3) is 7.87. The van der Waals surface area contributed by atoms with Crippen molar-refractivity contribution in [2.75, 3.05) is 25.6 Å². The number of hydrogen-bond acceptors (Lipinski definition) is 6. The molecule has 3 amide bonds. The van der Waals surface area contributed by atoms with Crippen molar-refractivity contribution < 1.29 is 33.0 Å². The van der Waals surface area contributed by atoms with Gasteiger partial charge >= 0.3 is 12.0 Å². The van der Waals surface area contributed by atoms with Crippen LogP contribution in [0.3, 0.4) is 0 Å². The van der Waals surface area contributed by atoms with Gasteiger partial charge in [-0.3, -0.25) is 14.9 Å². The normalized spacial score (nSPS) is 10.0. The molecule has 2 N–H and O–H groups in total. The number of hydrogen-bond donors (Lipinski definition) is 2. The first-order valence-electron chi connectivity index (χ1n) is 8.76. The summed E-state index contributed by atoms with van der Waals surface area (Å²) in [5.74, 6) is -0.728. The minimum atomic E-state index is -0.927. The Labute approximate surface area is 166 Å². The molecule has 9 heteroatoms. The fourth-order valence-electron chi connectivity index (χ4n) is 2.18. The highest BCUT2D eigenvalue weighted by atomic mass is 19.1. The van der Waals surface area contributed by atoms with Crippen molar-refractivity contribution in [2.45, 2.75) is 12.8 Å². The van der Waals surface area contributed by atoms with Crippen LogP contribution in [0.1, 0.15) is 12.8 Å². The van der Waals surface area contributed by atoms with Crippen LogP contribution in [-0.2, 0) is 14.3 Å². The van der Waals surface area contributed by atoms with Gasteiger partial charge in [-0.2, -0.15) is 0 Å². The highest BCUT2D eigenvalue weighted by Crippen LogP contribution is 2.17. The largest absolute Gasteiger partial charge is 0.497 e. The molecule has 0 atom stereocenters. The third-order valence-corrected chi connectivity index (χ3v) is 3.59. The van der Waals surface area contributed by atoms with Crippen molar-refractivity contribution >= 4 is 23.6 Å². The van der Waals surface area contributed by atoms with Crippen LogP contribution < -0.4 is 20.1 Å². The number of anilines is 1. The Morgan fingerprint density at radius 3 is 2.38 bits per heavy atom. The van der Waals surface area contributed by atoms with Crippen LogP contribution in [0, 0.1) is 5.82 Å². The summed E-state index contributed by atoms with van der Waals surface area (Å²) in [5.41, 5.74) is -0.0772. The number of carbonyl (C=O) groups excluding carboxylic acids is 3. The van der Waals surface area contributed by atoms with E-state index >= 15 is 0 Å². The molecule has 0 fully saturated rings. The lowest BCUT2D eigenvalue weighted by atomic mass is 10.3. The second kappa shape index (κ2) is 11.3. The molecular formula is C20H21FN2O6. The molecule has 0 aliphatic heterocycles. The second-order valence-corrected chi connectivity index (χ2v) is 5.77. The van der Waals surface area contributed by atoms with E-state index in [9.17, 15) is 18.8 Å². The zero-order valence-electron chi connectivity index (χ0n) is 15.8. The minimum absolute atomic E-state index is 0.0465. The average Bonchev–Trinajstić information content (AvgIpc) is 2.72. The number of ether oxygens (including phenoxy) is 3. The number of halogens is 1. The zero-order chi connectivity index (χ0) is 21.1. The first kappa shape index (κ1) is 21.7. The maximum Gasteiger partial charge on any atom is 0.326 e. The fraction of sp³-hybridized carbons (Fsp3) is 0.250. The highest BCUT2D eigenvalue weighted by Gasteiger charge is 2.12. The maximum absolute atomic E-state index is 13.4. The SMILES string of the molecule is COc1ccc(OCCCC(=O)OCC(=O)NC(=O)Nc2ccccc2F)cc1. The lowest BCUT2D eigenvalue weighted by molar-refractivity contribution is -0.148. The summed E-state index contributed by atoms with van der Waals surface area (Å²) in [6, 6.07) is 11.6. The standard InChI is InChI=1S/C20H21FN2O6/c1-27-14-8-10-15(11-9-14)28-12-4-7-19(25)29-13-18(24)23-20(26)22-17-6-3-2-5-16(17)21/h2-3,5-6,8-11H,4,7,12-13H2,1H3,(H2,22,23,24,26). The fourth-order valence-corrected chi connectivity index (χ4v) is 2.18. The number of imide groups is 1. The first-order chi connectivity index (χ1) is 14.0. The predicted molar refractivity (Wildman–Crippen MR) is 102 cm³/mol. The van der Waals surface area contributed by atoms with E-state index in [0.717, 1.165) is 6.07 Å². The summed E-state index contributed by atoms with van der Waals surface area (Å²) in [5, 5.41) is 4.12. The van der Waals surface area contributed by atoms with Crippen molar-refractivity contribution in [2.24, 2.45) is 0 Å². The van der Waals surface area contributed by atoms with Crippen LogP contribution in [0.4, 0.5) is 14.9 Å². The smallest absolute Gasteiger partial charge is 0.326 e. The Bertz CT molecular complexity index is 841. The van der Waals surface area contributed by atoms with E-state index in [-0.39, 0.29) is 12.1 Å². The number of para-hydroxylation sites is 1. The van der Waals surface area contributed by atoms with E-state index in [2.05, 4.69) is 5.32 Å². The lowest BCUT2D eigenvalue weighted by Crippen LogP contribution is -2.37. The van der Waals surface area contributed by atoms with Crippen LogP contribution >= 0.6 is 0 Å². The number of carbonyl (C=O) groups is 3. The molecule has 2 aromatic carbocycles. The number of benzene rings is 2. The molecule has 0 radical (unpaired) electrons. The van der Waals surface area contributed by atoms with Crippen LogP contribution in [0.5, 0.6) is 11.5 Å². The lowest BCUT2D eigenvalue weighted by Gasteiger charge is -2.09. The molecule has 0 aliphatic carbocycles. The summed E-state index contributed by atoms with van der Waals surface area (Å²) in [7, 11) is 1.57. The minimum Gasteiger partial charge on any atom is -0.497 e. The Morgan fingerprint density at radius 1 is 1.00 bits per heavy atom.